The average molecular weight is 275 g/mol. The van der Waals surface area contributed by atoms with Gasteiger partial charge < -0.3 is 10.2 Å². The van der Waals surface area contributed by atoms with Crippen LogP contribution < -0.4 is 5.32 Å². The van der Waals surface area contributed by atoms with Crippen molar-refractivity contribution in [3.8, 4) is 0 Å². The average Bonchev–Trinajstić information content (AvgIpc) is 2.76. The Kier molecular flexibility index (Phi) is 7.12. The third kappa shape index (κ3) is 5.38. The van der Waals surface area contributed by atoms with E-state index in [9.17, 15) is 0 Å². The predicted octanol–water partition coefficient (Wildman–Crippen LogP) is 3.78. The standard InChI is InChI=1S/C13H23ClN2S/c1-4-16(5-2)8-6-7-15-11(3)12-9-13(14)17-10-12/h9-11,15H,4-8H2,1-3H3. The summed E-state index contributed by atoms with van der Waals surface area (Å²) in [6, 6.07) is 2.45. The van der Waals surface area contributed by atoms with E-state index in [4.69, 9.17) is 11.6 Å². The Morgan fingerprint density at radius 2 is 2.12 bits per heavy atom. The first-order chi connectivity index (χ1) is 8.17. The fraction of sp³-hybridized carbons (Fsp3) is 0.692. The Bertz CT molecular complexity index is 310. The summed E-state index contributed by atoms with van der Waals surface area (Å²) in [5, 5.41) is 5.67. The fourth-order valence-electron chi connectivity index (χ4n) is 1.83. The summed E-state index contributed by atoms with van der Waals surface area (Å²) in [6.07, 6.45) is 1.20. The van der Waals surface area contributed by atoms with Crippen molar-refractivity contribution in [2.75, 3.05) is 26.2 Å². The van der Waals surface area contributed by atoms with Crippen LogP contribution in [-0.4, -0.2) is 31.1 Å². The molecule has 4 heteroatoms. The molecule has 1 atom stereocenters. The molecule has 1 unspecified atom stereocenters. The van der Waals surface area contributed by atoms with E-state index in [1.807, 2.05) is 6.07 Å². The lowest BCUT2D eigenvalue weighted by Gasteiger charge is -2.19. The summed E-state index contributed by atoms with van der Waals surface area (Å²) in [6.45, 7) is 11.1. The first-order valence-electron chi connectivity index (χ1n) is 6.37. The van der Waals surface area contributed by atoms with Crippen LogP contribution in [0.25, 0.3) is 0 Å². The van der Waals surface area contributed by atoms with Gasteiger partial charge in [0.05, 0.1) is 4.34 Å². The van der Waals surface area contributed by atoms with E-state index in [0.717, 1.165) is 24.0 Å². The number of nitrogens with zero attached hydrogens (tertiary/aromatic N) is 1. The second-order valence-corrected chi connectivity index (χ2v) is 5.78. The lowest BCUT2D eigenvalue weighted by molar-refractivity contribution is 0.296. The molecule has 0 fully saturated rings. The Morgan fingerprint density at radius 1 is 1.41 bits per heavy atom. The molecule has 0 bridgehead atoms. The minimum Gasteiger partial charge on any atom is -0.310 e. The van der Waals surface area contributed by atoms with Crippen molar-refractivity contribution >= 4 is 22.9 Å². The van der Waals surface area contributed by atoms with Crippen LogP contribution in [-0.2, 0) is 0 Å². The lowest BCUT2D eigenvalue weighted by atomic mass is 10.2. The summed E-state index contributed by atoms with van der Waals surface area (Å²) in [4.78, 5) is 2.45. The zero-order valence-electron chi connectivity index (χ0n) is 11.0. The highest BCUT2D eigenvalue weighted by atomic mass is 35.5. The molecule has 98 valence electrons. The Labute approximate surface area is 114 Å². The number of nitrogens with one attached hydrogen (secondary N) is 1. The van der Waals surface area contributed by atoms with Crippen LogP contribution >= 0.6 is 22.9 Å². The summed E-state index contributed by atoms with van der Waals surface area (Å²) < 4.78 is 0.872. The van der Waals surface area contributed by atoms with Gasteiger partial charge in [0.1, 0.15) is 0 Å². The minimum atomic E-state index is 0.399. The Hall–Kier alpha value is -0.0900. The second kappa shape index (κ2) is 8.09. The first-order valence-corrected chi connectivity index (χ1v) is 7.62. The van der Waals surface area contributed by atoms with Gasteiger partial charge in [-0.05, 0) is 56.5 Å². The maximum atomic E-state index is 5.93. The zero-order chi connectivity index (χ0) is 12.7. The van der Waals surface area contributed by atoms with Crippen molar-refractivity contribution in [2.45, 2.75) is 33.2 Å². The van der Waals surface area contributed by atoms with Crippen molar-refractivity contribution in [1.29, 1.82) is 0 Å². The molecule has 0 aliphatic carbocycles. The topological polar surface area (TPSA) is 15.3 Å². The van der Waals surface area contributed by atoms with Crippen LogP contribution in [0.3, 0.4) is 0 Å². The quantitative estimate of drug-likeness (QED) is 0.726. The molecule has 0 aliphatic heterocycles. The third-order valence-corrected chi connectivity index (χ3v) is 4.19. The van der Waals surface area contributed by atoms with E-state index in [1.165, 1.54) is 18.5 Å². The molecule has 2 nitrogen and oxygen atoms in total. The van der Waals surface area contributed by atoms with E-state index in [2.05, 4.69) is 36.4 Å². The van der Waals surface area contributed by atoms with Crippen LogP contribution in [0.2, 0.25) is 4.34 Å². The van der Waals surface area contributed by atoms with Crippen molar-refractivity contribution < 1.29 is 0 Å². The molecule has 0 aliphatic rings. The van der Waals surface area contributed by atoms with E-state index < -0.39 is 0 Å². The predicted molar refractivity (Wildman–Crippen MR) is 78.2 cm³/mol. The summed E-state index contributed by atoms with van der Waals surface area (Å²) in [5.74, 6) is 0. The van der Waals surface area contributed by atoms with Crippen molar-refractivity contribution in [2.24, 2.45) is 0 Å². The molecule has 0 amide bonds. The molecular formula is C13H23ClN2S. The van der Waals surface area contributed by atoms with E-state index in [0.29, 0.717) is 6.04 Å². The number of hydrogen-bond donors (Lipinski definition) is 1. The molecule has 1 rings (SSSR count). The van der Waals surface area contributed by atoms with Crippen LogP contribution in [0.15, 0.2) is 11.4 Å². The third-order valence-electron chi connectivity index (χ3n) is 3.08. The van der Waals surface area contributed by atoms with Gasteiger partial charge >= 0.3 is 0 Å². The van der Waals surface area contributed by atoms with Crippen LogP contribution in [0.1, 0.15) is 38.8 Å². The highest BCUT2D eigenvalue weighted by Crippen LogP contribution is 2.24. The minimum absolute atomic E-state index is 0.399. The molecule has 1 aromatic heterocycles. The monoisotopic (exact) mass is 274 g/mol. The summed E-state index contributed by atoms with van der Waals surface area (Å²) >= 11 is 7.53. The van der Waals surface area contributed by atoms with Gasteiger partial charge in [-0.2, -0.15) is 0 Å². The Balaban J connectivity index is 2.18. The largest absolute Gasteiger partial charge is 0.310 e. The van der Waals surface area contributed by atoms with E-state index in [1.54, 1.807) is 11.3 Å². The van der Waals surface area contributed by atoms with Gasteiger partial charge in [-0.25, -0.2) is 0 Å². The molecule has 0 saturated carbocycles. The Morgan fingerprint density at radius 3 is 2.65 bits per heavy atom. The molecule has 0 saturated heterocycles. The van der Waals surface area contributed by atoms with Crippen molar-refractivity contribution in [1.82, 2.24) is 10.2 Å². The summed E-state index contributed by atoms with van der Waals surface area (Å²) in [7, 11) is 0. The summed E-state index contributed by atoms with van der Waals surface area (Å²) in [5.41, 5.74) is 1.29. The molecular weight excluding hydrogens is 252 g/mol. The molecule has 1 aromatic rings. The molecule has 1 N–H and O–H groups in total. The first kappa shape index (κ1) is 15.0. The SMILES string of the molecule is CCN(CC)CCCNC(C)c1csc(Cl)c1. The number of rotatable bonds is 8. The van der Waals surface area contributed by atoms with Gasteiger partial charge in [0.2, 0.25) is 0 Å². The van der Waals surface area contributed by atoms with Crippen LogP contribution in [0.4, 0.5) is 0 Å². The smallest absolute Gasteiger partial charge is 0.0931 e. The van der Waals surface area contributed by atoms with Gasteiger partial charge in [-0.1, -0.05) is 25.4 Å². The maximum Gasteiger partial charge on any atom is 0.0931 e. The number of hydrogen-bond acceptors (Lipinski definition) is 3. The zero-order valence-corrected chi connectivity index (χ0v) is 12.6. The normalized spacial score (nSPS) is 13.2. The van der Waals surface area contributed by atoms with E-state index >= 15 is 0 Å². The van der Waals surface area contributed by atoms with Gasteiger partial charge in [0.15, 0.2) is 0 Å². The molecule has 1 heterocycles. The van der Waals surface area contributed by atoms with Gasteiger partial charge in [0, 0.05) is 6.04 Å². The van der Waals surface area contributed by atoms with Gasteiger partial charge in [-0.15, -0.1) is 11.3 Å². The fourth-order valence-corrected chi connectivity index (χ4v) is 2.81. The lowest BCUT2D eigenvalue weighted by Crippen LogP contribution is -2.28. The number of halogens is 1. The highest BCUT2D eigenvalue weighted by molar-refractivity contribution is 7.14. The number of thiophene rings is 1. The van der Waals surface area contributed by atoms with Crippen LogP contribution in [0, 0.1) is 0 Å². The molecule has 17 heavy (non-hydrogen) atoms. The van der Waals surface area contributed by atoms with Gasteiger partial charge in [0.25, 0.3) is 0 Å². The van der Waals surface area contributed by atoms with Crippen molar-refractivity contribution in [3.63, 3.8) is 0 Å². The van der Waals surface area contributed by atoms with Gasteiger partial charge in [-0.3, -0.25) is 0 Å². The molecule has 0 radical (unpaired) electrons. The van der Waals surface area contributed by atoms with Crippen molar-refractivity contribution in [3.05, 3.63) is 21.3 Å². The molecule has 0 spiro atoms. The van der Waals surface area contributed by atoms with Crippen LogP contribution in [0.5, 0.6) is 0 Å². The second-order valence-electron chi connectivity index (χ2n) is 4.24. The maximum absolute atomic E-state index is 5.93. The van der Waals surface area contributed by atoms with E-state index in [-0.39, 0.29) is 0 Å². The molecule has 0 aromatic carbocycles. The highest BCUT2D eigenvalue weighted by Gasteiger charge is 2.06.